The second kappa shape index (κ2) is 7.64. The van der Waals surface area contributed by atoms with Crippen LogP contribution in [-0.2, 0) is 4.79 Å². The first kappa shape index (κ1) is 19.6. The lowest BCUT2D eigenvalue weighted by Crippen LogP contribution is -2.52. The van der Waals surface area contributed by atoms with Crippen molar-refractivity contribution >= 4 is 17.6 Å². The van der Waals surface area contributed by atoms with Crippen molar-refractivity contribution in [1.82, 2.24) is 15.1 Å². The monoisotopic (exact) mass is 399 g/mol. The molecule has 2 aliphatic heterocycles. The van der Waals surface area contributed by atoms with E-state index in [1.54, 1.807) is 12.1 Å². The lowest BCUT2D eigenvalue weighted by atomic mass is 9.77. The molecule has 1 aromatic carbocycles. The zero-order chi connectivity index (χ0) is 20.6. The zero-order valence-corrected chi connectivity index (χ0v) is 16.7. The second-order valence-electron chi connectivity index (χ2n) is 8.42. The maximum atomic E-state index is 13.9. The van der Waals surface area contributed by atoms with Crippen molar-refractivity contribution < 1.29 is 14.0 Å². The number of amides is 3. The van der Waals surface area contributed by atoms with Gasteiger partial charge < -0.3 is 10.2 Å². The quantitative estimate of drug-likeness (QED) is 0.789. The molecule has 1 saturated carbocycles. The zero-order valence-electron chi connectivity index (χ0n) is 16.7. The third-order valence-electron chi connectivity index (χ3n) is 6.53. The van der Waals surface area contributed by atoms with Gasteiger partial charge in [-0.2, -0.15) is 5.26 Å². The summed E-state index contributed by atoms with van der Waals surface area (Å²) >= 11 is 0. The van der Waals surface area contributed by atoms with Crippen LogP contribution in [0.4, 0.5) is 14.9 Å². The molecular weight excluding hydrogens is 373 g/mol. The molecule has 0 radical (unpaired) electrons. The number of nitrogens with one attached hydrogen (secondary N) is 1. The van der Waals surface area contributed by atoms with Gasteiger partial charge in [-0.3, -0.25) is 9.69 Å². The van der Waals surface area contributed by atoms with Crippen LogP contribution in [0.5, 0.6) is 0 Å². The topological polar surface area (TPSA) is 79.7 Å². The van der Waals surface area contributed by atoms with Gasteiger partial charge in [0.05, 0.1) is 12.4 Å². The Bertz CT molecular complexity index is 851. The normalized spacial score (nSPS) is 28.0. The molecule has 3 aliphatic rings. The van der Waals surface area contributed by atoms with E-state index in [0.717, 1.165) is 12.8 Å². The van der Waals surface area contributed by atoms with Gasteiger partial charge >= 0.3 is 6.03 Å². The van der Waals surface area contributed by atoms with Gasteiger partial charge in [-0.05, 0) is 43.7 Å². The van der Waals surface area contributed by atoms with Crippen molar-refractivity contribution in [3.8, 4) is 6.07 Å². The van der Waals surface area contributed by atoms with Crippen molar-refractivity contribution in [1.29, 1.82) is 5.26 Å². The van der Waals surface area contributed by atoms with Crippen LogP contribution in [0.1, 0.15) is 38.2 Å². The van der Waals surface area contributed by atoms with Crippen LogP contribution in [0, 0.1) is 23.1 Å². The molecule has 154 valence electrons. The average Bonchev–Trinajstić information content (AvgIpc) is 2.95. The molecule has 1 aliphatic carbocycles. The van der Waals surface area contributed by atoms with Crippen LogP contribution in [0.15, 0.2) is 18.2 Å². The van der Waals surface area contributed by atoms with Gasteiger partial charge in [0, 0.05) is 26.2 Å². The molecule has 4 rings (SSSR count). The standard InChI is InChI=1S/C21H26FN5O2/c1-15-5-7-21(8-6-15)19(28)27(20(29)24-21)14-25-9-11-26(12-10-25)18-4-2-3-17(22)16(18)13-23/h2-4,15H,5-12,14H2,1H3,(H,24,29). The van der Waals surface area contributed by atoms with Crippen LogP contribution < -0.4 is 10.2 Å². The first-order valence-electron chi connectivity index (χ1n) is 10.2. The van der Waals surface area contributed by atoms with E-state index in [-0.39, 0.29) is 24.2 Å². The lowest BCUT2D eigenvalue weighted by molar-refractivity contribution is -0.134. The molecule has 1 spiro atoms. The molecule has 3 fully saturated rings. The Labute approximate surface area is 170 Å². The Balaban J connectivity index is 1.38. The van der Waals surface area contributed by atoms with Gasteiger partial charge in [0.1, 0.15) is 23.0 Å². The first-order chi connectivity index (χ1) is 13.9. The number of halogens is 1. The lowest BCUT2D eigenvalue weighted by Gasteiger charge is -2.38. The average molecular weight is 399 g/mol. The minimum Gasteiger partial charge on any atom is -0.368 e. The van der Waals surface area contributed by atoms with Crippen LogP contribution in [0.2, 0.25) is 0 Å². The molecule has 1 N–H and O–H groups in total. The fourth-order valence-electron chi connectivity index (χ4n) is 4.62. The molecule has 0 bridgehead atoms. The largest absolute Gasteiger partial charge is 0.368 e. The van der Waals surface area contributed by atoms with E-state index in [2.05, 4.69) is 17.1 Å². The van der Waals surface area contributed by atoms with Gasteiger partial charge in [0.15, 0.2) is 0 Å². The molecule has 2 heterocycles. The number of hydrogen-bond donors (Lipinski definition) is 1. The van der Waals surface area contributed by atoms with Gasteiger partial charge in [-0.1, -0.05) is 13.0 Å². The number of anilines is 1. The maximum absolute atomic E-state index is 13.9. The number of benzene rings is 1. The Morgan fingerprint density at radius 3 is 2.55 bits per heavy atom. The maximum Gasteiger partial charge on any atom is 0.326 e. The molecule has 0 unspecified atom stereocenters. The Morgan fingerprint density at radius 1 is 1.21 bits per heavy atom. The van der Waals surface area contributed by atoms with Crippen molar-refractivity contribution in [2.75, 3.05) is 37.7 Å². The highest BCUT2D eigenvalue weighted by Crippen LogP contribution is 2.36. The third kappa shape index (κ3) is 3.55. The number of rotatable bonds is 3. The predicted molar refractivity (Wildman–Crippen MR) is 106 cm³/mol. The highest BCUT2D eigenvalue weighted by Gasteiger charge is 2.52. The second-order valence-corrected chi connectivity index (χ2v) is 8.42. The number of carbonyl (C=O) groups excluding carboxylic acids is 2. The number of nitrogens with zero attached hydrogens (tertiary/aromatic N) is 4. The van der Waals surface area contributed by atoms with E-state index in [0.29, 0.717) is 50.6 Å². The number of nitriles is 1. The SMILES string of the molecule is CC1CCC2(CC1)NC(=O)N(CN1CCN(c3cccc(F)c3C#N)CC1)C2=O. The third-order valence-corrected chi connectivity index (χ3v) is 6.53. The minimum absolute atomic E-state index is 0.0588. The summed E-state index contributed by atoms with van der Waals surface area (Å²) in [6.07, 6.45) is 3.32. The highest BCUT2D eigenvalue weighted by molar-refractivity contribution is 6.07. The molecule has 29 heavy (non-hydrogen) atoms. The number of carbonyl (C=O) groups is 2. The van der Waals surface area contributed by atoms with Crippen LogP contribution in [0.25, 0.3) is 0 Å². The summed E-state index contributed by atoms with van der Waals surface area (Å²) < 4.78 is 13.9. The summed E-state index contributed by atoms with van der Waals surface area (Å²) in [7, 11) is 0. The Kier molecular flexibility index (Phi) is 5.17. The minimum atomic E-state index is -0.714. The van der Waals surface area contributed by atoms with Gasteiger partial charge in [-0.15, -0.1) is 0 Å². The smallest absolute Gasteiger partial charge is 0.326 e. The summed E-state index contributed by atoms with van der Waals surface area (Å²) in [5.74, 6) is -0.0267. The fourth-order valence-corrected chi connectivity index (χ4v) is 4.62. The molecule has 8 heteroatoms. The summed E-state index contributed by atoms with van der Waals surface area (Å²) in [4.78, 5) is 30.9. The number of hydrogen-bond acceptors (Lipinski definition) is 5. The molecule has 0 atom stereocenters. The van der Waals surface area contributed by atoms with Gasteiger partial charge in [-0.25, -0.2) is 14.1 Å². The fraction of sp³-hybridized carbons (Fsp3) is 0.571. The molecule has 0 aromatic heterocycles. The van der Waals surface area contributed by atoms with Gasteiger partial charge in [0.25, 0.3) is 5.91 Å². The van der Waals surface area contributed by atoms with E-state index in [1.165, 1.54) is 11.0 Å². The summed E-state index contributed by atoms with van der Waals surface area (Å²) in [5.41, 5.74) is -0.0600. The number of imide groups is 1. The molecular formula is C21H26FN5O2. The molecule has 1 aromatic rings. The van der Waals surface area contributed by atoms with E-state index in [9.17, 15) is 19.2 Å². The van der Waals surface area contributed by atoms with Crippen molar-refractivity contribution in [2.24, 2.45) is 5.92 Å². The number of piperazine rings is 1. The molecule has 3 amide bonds. The summed E-state index contributed by atoms with van der Waals surface area (Å²) in [6.45, 7) is 4.91. The van der Waals surface area contributed by atoms with Gasteiger partial charge in [0.2, 0.25) is 0 Å². The first-order valence-corrected chi connectivity index (χ1v) is 10.2. The highest BCUT2D eigenvalue weighted by atomic mass is 19.1. The van der Waals surface area contributed by atoms with Crippen molar-refractivity contribution in [3.05, 3.63) is 29.6 Å². The predicted octanol–water partition coefficient (Wildman–Crippen LogP) is 2.28. The van der Waals surface area contributed by atoms with Crippen LogP contribution in [0.3, 0.4) is 0 Å². The Morgan fingerprint density at radius 2 is 1.90 bits per heavy atom. The van der Waals surface area contributed by atoms with Crippen molar-refractivity contribution in [2.45, 2.75) is 38.1 Å². The Hall–Kier alpha value is -2.66. The van der Waals surface area contributed by atoms with Crippen LogP contribution >= 0.6 is 0 Å². The number of urea groups is 1. The van der Waals surface area contributed by atoms with E-state index in [1.807, 2.05) is 11.0 Å². The van der Waals surface area contributed by atoms with E-state index in [4.69, 9.17) is 0 Å². The van der Waals surface area contributed by atoms with Crippen LogP contribution in [-0.4, -0.2) is 60.1 Å². The summed E-state index contributed by atoms with van der Waals surface area (Å²) in [6, 6.07) is 6.29. The molecule has 2 saturated heterocycles. The van der Waals surface area contributed by atoms with E-state index >= 15 is 0 Å². The summed E-state index contributed by atoms with van der Waals surface area (Å²) in [5, 5.41) is 12.2. The molecule has 7 nitrogen and oxygen atoms in total. The van der Waals surface area contributed by atoms with Crippen molar-refractivity contribution in [3.63, 3.8) is 0 Å². The van der Waals surface area contributed by atoms with E-state index < -0.39 is 11.4 Å².